The molecule has 0 aromatic heterocycles. The molecule has 204 valence electrons. The van der Waals surface area contributed by atoms with Crippen LogP contribution in [0.2, 0.25) is 0 Å². The van der Waals surface area contributed by atoms with E-state index in [2.05, 4.69) is 170 Å². The van der Waals surface area contributed by atoms with E-state index >= 15 is 0 Å². The summed E-state index contributed by atoms with van der Waals surface area (Å²) < 4.78 is 0. The summed E-state index contributed by atoms with van der Waals surface area (Å²) in [5, 5.41) is 7.65. The Morgan fingerprint density at radius 2 is 0.395 bits per heavy atom. The number of halogens is 1. The van der Waals surface area contributed by atoms with Crippen molar-refractivity contribution in [3.63, 3.8) is 0 Å². The molecule has 0 fully saturated rings. The molecule has 1 heteroatoms. The normalized spacial score (nSPS) is 11.1. The summed E-state index contributed by atoms with van der Waals surface area (Å²) in [5.74, 6) is 0. The van der Waals surface area contributed by atoms with Crippen molar-refractivity contribution < 1.29 is 12.4 Å². The van der Waals surface area contributed by atoms with Gasteiger partial charge in [0.25, 0.3) is 0 Å². The molecule has 0 aliphatic heterocycles. The van der Waals surface area contributed by atoms with Crippen LogP contribution in [0.1, 0.15) is 0 Å². The summed E-state index contributed by atoms with van der Waals surface area (Å²) in [6.07, 6.45) is 0. The van der Waals surface area contributed by atoms with Gasteiger partial charge >= 0.3 is 0 Å². The summed E-state index contributed by atoms with van der Waals surface area (Å²) in [5.41, 5.74) is 10.0. The molecule has 0 heterocycles. The molecule has 0 atom stereocenters. The van der Waals surface area contributed by atoms with Gasteiger partial charge in [0.1, 0.15) is 0 Å². The molecular weight excluding hydrogens is 540 g/mol. The van der Waals surface area contributed by atoms with Crippen LogP contribution in [0.25, 0.3) is 76.8 Å². The van der Waals surface area contributed by atoms with Gasteiger partial charge in [-0.05, 0) is 76.8 Å². The first-order valence-electron chi connectivity index (χ1n) is 14.5. The van der Waals surface area contributed by atoms with Crippen LogP contribution in [0.4, 0.5) is 0 Å². The quantitative estimate of drug-likeness (QED) is 0.186. The molecule has 0 bridgehead atoms. The van der Waals surface area contributed by atoms with E-state index in [9.17, 15) is 0 Å². The van der Waals surface area contributed by atoms with E-state index in [1.165, 1.54) is 76.8 Å². The van der Waals surface area contributed by atoms with E-state index in [0.717, 1.165) is 0 Å². The van der Waals surface area contributed by atoms with Crippen molar-refractivity contribution in [2.24, 2.45) is 0 Å². The van der Waals surface area contributed by atoms with Crippen LogP contribution in [0.15, 0.2) is 170 Å². The molecule has 0 amide bonds. The number of hydrogen-bond donors (Lipinski definition) is 0. The van der Waals surface area contributed by atoms with Crippen LogP contribution >= 0.6 is 0 Å². The summed E-state index contributed by atoms with van der Waals surface area (Å²) in [6, 6.07) is 61.7. The molecular formula is C42H28Cl-. The maximum absolute atomic E-state index is 2.30. The molecule has 8 rings (SSSR count). The number of hydrogen-bond acceptors (Lipinski definition) is 0. The second kappa shape index (κ2) is 11.2. The van der Waals surface area contributed by atoms with Crippen molar-refractivity contribution in [1.82, 2.24) is 0 Å². The molecule has 0 aliphatic rings. The highest BCUT2D eigenvalue weighted by atomic mass is 35.5. The highest BCUT2D eigenvalue weighted by Crippen LogP contribution is 2.53. The molecule has 0 unspecified atom stereocenters. The predicted octanol–water partition coefficient (Wildman–Crippen LogP) is 8.82. The number of benzene rings is 8. The minimum Gasteiger partial charge on any atom is -1.00 e. The standard InChI is InChI=1S/C42H28.ClH/c1-5-17-29(18-6-1)37-33-25-13-14-26-34(33)39(31-21-9-3-10-22-31)42-40(32-23-11-4-12-24-32)36-28-16-15-27-35(36)38(41(37)42)30-19-7-2-8-20-30;/h1-28H;1H/p-1. The molecule has 0 spiro atoms. The van der Waals surface area contributed by atoms with Crippen molar-refractivity contribution >= 4 is 32.3 Å². The monoisotopic (exact) mass is 567 g/mol. The lowest BCUT2D eigenvalue weighted by molar-refractivity contribution is -0.00000772. The van der Waals surface area contributed by atoms with Gasteiger partial charge in [-0.25, -0.2) is 0 Å². The van der Waals surface area contributed by atoms with Gasteiger partial charge in [-0.3, -0.25) is 0 Å². The van der Waals surface area contributed by atoms with Crippen molar-refractivity contribution in [1.29, 1.82) is 0 Å². The van der Waals surface area contributed by atoms with Gasteiger partial charge in [0.05, 0.1) is 0 Å². The third-order valence-electron chi connectivity index (χ3n) is 8.43. The zero-order valence-electron chi connectivity index (χ0n) is 23.5. The lowest BCUT2D eigenvalue weighted by atomic mass is 9.77. The SMILES string of the molecule is [Cl-].c1ccc(-c2c3ccccc3c(-c3ccccc3)c3c(-c4ccccc4)c4ccccc4c(-c4ccccc4)c23)cc1. The maximum Gasteiger partial charge on any atom is -0.000139 e. The van der Waals surface area contributed by atoms with Gasteiger partial charge in [0.15, 0.2) is 0 Å². The third-order valence-corrected chi connectivity index (χ3v) is 8.43. The Morgan fingerprint density at radius 1 is 0.209 bits per heavy atom. The van der Waals surface area contributed by atoms with Crippen LogP contribution in [0.5, 0.6) is 0 Å². The molecule has 0 radical (unpaired) electrons. The third kappa shape index (κ3) is 4.39. The van der Waals surface area contributed by atoms with Crippen LogP contribution in [0.3, 0.4) is 0 Å². The molecule has 0 nitrogen and oxygen atoms in total. The minimum atomic E-state index is 0. The van der Waals surface area contributed by atoms with E-state index in [1.807, 2.05) is 0 Å². The van der Waals surface area contributed by atoms with Crippen molar-refractivity contribution in [3.8, 4) is 44.5 Å². The Morgan fingerprint density at radius 3 is 0.605 bits per heavy atom. The zero-order valence-corrected chi connectivity index (χ0v) is 24.3. The van der Waals surface area contributed by atoms with E-state index in [-0.39, 0.29) is 12.4 Å². The largest absolute Gasteiger partial charge is 1.00 e. The highest BCUT2D eigenvalue weighted by molar-refractivity contribution is 6.33. The Kier molecular flexibility index (Phi) is 6.99. The van der Waals surface area contributed by atoms with E-state index in [4.69, 9.17) is 0 Å². The first-order valence-corrected chi connectivity index (χ1v) is 14.5. The molecule has 0 saturated carbocycles. The molecule has 8 aromatic rings. The first-order chi connectivity index (χ1) is 20.9. The van der Waals surface area contributed by atoms with Gasteiger partial charge in [0.2, 0.25) is 0 Å². The lowest BCUT2D eigenvalue weighted by Gasteiger charge is -2.25. The Labute approximate surface area is 258 Å². The van der Waals surface area contributed by atoms with E-state index < -0.39 is 0 Å². The Balaban J connectivity index is 0.00000300. The summed E-state index contributed by atoms with van der Waals surface area (Å²) >= 11 is 0. The Bertz CT molecular complexity index is 1880. The average Bonchev–Trinajstić information content (AvgIpc) is 3.07. The topological polar surface area (TPSA) is 0 Å². The van der Waals surface area contributed by atoms with Crippen LogP contribution < -0.4 is 12.4 Å². The van der Waals surface area contributed by atoms with Crippen LogP contribution in [-0.4, -0.2) is 0 Å². The van der Waals surface area contributed by atoms with Crippen LogP contribution in [-0.2, 0) is 0 Å². The summed E-state index contributed by atoms with van der Waals surface area (Å²) in [4.78, 5) is 0. The second-order valence-electron chi connectivity index (χ2n) is 10.8. The van der Waals surface area contributed by atoms with Crippen molar-refractivity contribution in [2.75, 3.05) is 0 Å². The van der Waals surface area contributed by atoms with E-state index in [0.29, 0.717) is 0 Å². The summed E-state index contributed by atoms with van der Waals surface area (Å²) in [6.45, 7) is 0. The van der Waals surface area contributed by atoms with Gasteiger partial charge < -0.3 is 12.4 Å². The molecule has 43 heavy (non-hydrogen) atoms. The lowest BCUT2D eigenvalue weighted by Crippen LogP contribution is -3.00. The van der Waals surface area contributed by atoms with Gasteiger partial charge in [0, 0.05) is 0 Å². The number of rotatable bonds is 4. The average molecular weight is 568 g/mol. The number of fused-ring (bicyclic) bond motifs is 3. The van der Waals surface area contributed by atoms with E-state index in [1.54, 1.807) is 0 Å². The smallest absolute Gasteiger partial charge is 0.000139 e. The molecule has 0 N–H and O–H groups in total. The van der Waals surface area contributed by atoms with Gasteiger partial charge in [-0.2, -0.15) is 0 Å². The zero-order chi connectivity index (χ0) is 27.9. The fourth-order valence-corrected chi connectivity index (χ4v) is 6.75. The predicted molar refractivity (Wildman–Crippen MR) is 181 cm³/mol. The maximum atomic E-state index is 2.30. The molecule has 0 saturated heterocycles. The van der Waals surface area contributed by atoms with Crippen LogP contribution in [0, 0.1) is 0 Å². The van der Waals surface area contributed by atoms with Gasteiger partial charge in [-0.1, -0.05) is 170 Å². The second-order valence-corrected chi connectivity index (χ2v) is 10.8. The fourth-order valence-electron chi connectivity index (χ4n) is 6.75. The van der Waals surface area contributed by atoms with Crippen molar-refractivity contribution in [2.45, 2.75) is 0 Å². The summed E-state index contributed by atoms with van der Waals surface area (Å²) in [7, 11) is 0. The minimum absolute atomic E-state index is 0. The highest BCUT2D eigenvalue weighted by Gasteiger charge is 2.25. The van der Waals surface area contributed by atoms with Crippen molar-refractivity contribution in [3.05, 3.63) is 170 Å². The Hall–Kier alpha value is -5.17. The fraction of sp³-hybridized carbons (Fsp3) is 0. The molecule has 8 aromatic carbocycles. The van der Waals surface area contributed by atoms with Gasteiger partial charge in [-0.15, -0.1) is 0 Å². The molecule has 0 aliphatic carbocycles. The first kappa shape index (κ1) is 26.7.